The number of carbonyl (C=O) groups excluding carboxylic acids is 2. The Hall–Kier alpha value is -2.88. The Morgan fingerprint density at radius 2 is 1.82 bits per heavy atom. The maximum Gasteiger partial charge on any atom is 0.287 e. The lowest BCUT2D eigenvalue weighted by atomic mass is 10.1. The van der Waals surface area contributed by atoms with Crippen molar-refractivity contribution in [3.8, 4) is 0 Å². The van der Waals surface area contributed by atoms with Crippen molar-refractivity contribution in [1.82, 2.24) is 4.90 Å². The van der Waals surface area contributed by atoms with Crippen LogP contribution < -0.4 is 10.2 Å². The van der Waals surface area contributed by atoms with Gasteiger partial charge in [-0.1, -0.05) is 49.2 Å². The van der Waals surface area contributed by atoms with E-state index in [1.807, 2.05) is 24.8 Å². The predicted molar refractivity (Wildman–Crippen MR) is 137 cm³/mol. The average molecular weight is 521 g/mol. The van der Waals surface area contributed by atoms with E-state index in [0.717, 1.165) is 17.0 Å². The highest BCUT2D eigenvalue weighted by Gasteiger charge is 2.25. The number of hydrogen-bond donors (Lipinski definition) is 1. The van der Waals surface area contributed by atoms with Crippen LogP contribution in [0.3, 0.4) is 0 Å². The van der Waals surface area contributed by atoms with Crippen LogP contribution in [0.5, 0.6) is 0 Å². The average Bonchev–Trinajstić information content (AvgIpc) is 3.15. The van der Waals surface area contributed by atoms with Crippen molar-refractivity contribution in [1.29, 1.82) is 0 Å². The summed E-state index contributed by atoms with van der Waals surface area (Å²) in [7, 11) is 0. The van der Waals surface area contributed by atoms with Gasteiger partial charge in [-0.3, -0.25) is 19.7 Å². The van der Waals surface area contributed by atoms with Crippen LogP contribution in [-0.4, -0.2) is 47.8 Å². The number of non-ortho nitro benzene ring substituents is 1. The van der Waals surface area contributed by atoms with Crippen LogP contribution >= 0.6 is 34.5 Å². The minimum absolute atomic E-state index is 0.0291. The van der Waals surface area contributed by atoms with Gasteiger partial charge in [0.1, 0.15) is 9.58 Å². The molecular formula is C23H22Cl2N4O4S. The minimum Gasteiger partial charge on any atom is -0.367 e. The number of carbonyl (C=O) groups is 2. The largest absolute Gasteiger partial charge is 0.367 e. The first-order valence-corrected chi connectivity index (χ1v) is 12.2. The van der Waals surface area contributed by atoms with Gasteiger partial charge in [-0.15, -0.1) is 11.3 Å². The van der Waals surface area contributed by atoms with Gasteiger partial charge >= 0.3 is 0 Å². The molecule has 3 aromatic rings. The van der Waals surface area contributed by atoms with Gasteiger partial charge in [0.2, 0.25) is 5.91 Å². The van der Waals surface area contributed by atoms with Crippen LogP contribution in [0.15, 0.2) is 36.4 Å². The van der Waals surface area contributed by atoms with Crippen molar-refractivity contribution >= 4 is 73.5 Å². The summed E-state index contributed by atoms with van der Waals surface area (Å²) in [6.45, 7) is 6.38. The van der Waals surface area contributed by atoms with Crippen molar-refractivity contribution in [2.45, 2.75) is 13.8 Å². The molecule has 1 fully saturated rings. The molecule has 11 heteroatoms. The monoisotopic (exact) mass is 520 g/mol. The molecule has 0 spiro atoms. The predicted octanol–water partition coefficient (Wildman–Crippen LogP) is 5.67. The zero-order valence-electron chi connectivity index (χ0n) is 18.5. The summed E-state index contributed by atoms with van der Waals surface area (Å²) in [5.41, 5.74) is 1.22. The fourth-order valence-electron chi connectivity index (χ4n) is 3.93. The molecule has 2 amide bonds. The zero-order chi connectivity index (χ0) is 24.6. The highest BCUT2D eigenvalue weighted by Crippen LogP contribution is 2.40. The number of fused-ring (bicyclic) bond motifs is 1. The van der Waals surface area contributed by atoms with Gasteiger partial charge in [0.25, 0.3) is 11.6 Å². The number of benzene rings is 2. The lowest BCUT2D eigenvalue weighted by Crippen LogP contribution is -2.50. The molecule has 0 saturated carbocycles. The maximum absolute atomic E-state index is 12.9. The smallest absolute Gasteiger partial charge is 0.287 e. The first-order chi connectivity index (χ1) is 16.2. The van der Waals surface area contributed by atoms with Gasteiger partial charge in [0, 0.05) is 49.2 Å². The molecule has 1 aliphatic heterocycles. The van der Waals surface area contributed by atoms with Crippen LogP contribution in [0.4, 0.5) is 17.1 Å². The number of piperazine rings is 1. The molecule has 0 unspecified atom stereocenters. The van der Waals surface area contributed by atoms with E-state index in [1.165, 1.54) is 12.1 Å². The minimum atomic E-state index is -0.492. The zero-order valence-corrected chi connectivity index (χ0v) is 20.8. The quantitative estimate of drug-likeness (QED) is 0.345. The van der Waals surface area contributed by atoms with E-state index < -0.39 is 10.8 Å². The van der Waals surface area contributed by atoms with Gasteiger partial charge in [0.15, 0.2) is 0 Å². The lowest BCUT2D eigenvalue weighted by Gasteiger charge is -2.37. The number of nitrogens with one attached hydrogen (secondary N) is 1. The van der Waals surface area contributed by atoms with E-state index >= 15 is 0 Å². The van der Waals surface area contributed by atoms with E-state index in [9.17, 15) is 19.7 Å². The van der Waals surface area contributed by atoms with Gasteiger partial charge in [0.05, 0.1) is 20.7 Å². The normalized spacial score (nSPS) is 14.0. The fraction of sp³-hybridized carbons (Fsp3) is 0.304. The molecular weight excluding hydrogens is 499 g/mol. The molecule has 4 rings (SSSR count). The van der Waals surface area contributed by atoms with Gasteiger partial charge in [-0.25, -0.2) is 0 Å². The second-order valence-corrected chi connectivity index (χ2v) is 10.0. The Bertz CT molecular complexity index is 1290. The standard InChI is InChI=1S/C23H22Cl2N4O4S/c1-13(2)23(31)28-10-8-27(9-11-28)17-7-6-14(12-16(17)24)26-22(30)21-19(25)15-4-3-5-18(29(32)33)20(15)34-21/h3-7,12-13H,8-11H2,1-2H3,(H,26,30). The summed E-state index contributed by atoms with van der Waals surface area (Å²) in [5.74, 6) is -0.349. The molecule has 1 N–H and O–H groups in total. The van der Waals surface area contributed by atoms with Gasteiger partial charge in [-0.05, 0) is 18.2 Å². The third kappa shape index (κ3) is 4.68. The molecule has 0 aliphatic carbocycles. The summed E-state index contributed by atoms with van der Waals surface area (Å²) in [6, 6.07) is 9.80. The number of thiophene rings is 1. The number of nitro benzene ring substituents is 1. The molecule has 0 atom stereocenters. The fourth-order valence-corrected chi connectivity index (χ4v) is 5.72. The number of anilines is 2. The second kappa shape index (κ2) is 9.77. The first kappa shape index (κ1) is 24.3. The summed E-state index contributed by atoms with van der Waals surface area (Å²) in [6.07, 6.45) is 0. The second-order valence-electron chi connectivity index (χ2n) is 8.24. The van der Waals surface area contributed by atoms with Crippen LogP contribution in [0.2, 0.25) is 10.0 Å². The van der Waals surface area contributed by atoms with E-state index in [0.29, 0.717) is 47.0 Å². The van der Waals surface area contributed by atoms with Crippen LogP contribution in [0, 0.1) is 16.0 Å². The van der Waals surface area contributed by atoms with E-state index in [1.54, 1.807) is 18.2 Å². The van der Waals surface area contributed by atoms with Crippen molar-refractivity contribution in [2.24, 2.45) is 5.92 Å². The molecule has 34 heavy (non-hydrogen) atoms. The van der Waals surface area contributed by atoms with Crippen LogP contribution in [-0.2, 0) is 4.79 Å². The number of hydrogen-bond acceptors (Lipinski definition) is 6. The molecule has 1 aromatic heterocycles. The van der Waals surface area contributed by atoms with Crippen LogP contribution in [0.1, 0.15) is 23.5 Å². The summed E-state index contributed by atoms with van der Waals surface area (Å²) < 4.78 is 0.353. The number of amides is 2. The Kier molecular flexibility index (Phi) is 6.97. The van der Waals surface area contributed by atoms with E-state index in [-0.39, 0.29) is 27.4 Å². The van der Waals surface area contributed by atoms with E-state index in [4.69, 9.17) is 23.2 Å². The summed E-state index contributed by atoms with van der Waals surface area (Å²) in [5, 5.41) is 15.2. The number of nitro groups is 1. The SMILES string of the molecule is CC(C)C(=O)N1CCN(c2ccc(NC(=O)c3sc4c([N+](=O)[O-])cccc4c3Cl)cc2Cl)CC1. The van der Waals surface area contributed by atoms with Crippen molar-refractivity contribution in [3.05, 3.63) is 61.4 Å². The topological polar surface area (TPSA) is 95.8 Å². The number of rotatable bonds is 5. The first-order valence-electron chi connectivity index (χ1n) is 10.7. The maximum atomic E-state index is 12.9. The molecule has 1 saturated heterocycles. The Labute approximate surface area is 210 Å². The molecule has 1 aliphatic rings. The molecule has 2 heterocycles. The number of nitrogens with zero attached hydrogens (tertiary/aromatic N) is 3. The number of halogens is 2. The Morgan fingerprint density at radius 3 is 2.44 bits per heavy atom. The molecule has 2 aromatic carbocycles. The molecule has 178 valence electrons. The van der Waals surface area contributed by atoms with Crippen molar-refractivity contribution in [2.75, 3.05) is 36.4 Å². The third-order valence-electron chi connectivity index (χ3n) is 5.67. The van der Waals surface area contributed by atoms with E-state index in [2.05, 4.69) is 10.2 Å². The lowest BCUT2D eigenvalue weighted by molar-refractivity contribution is -0.382. The Balaban J connectivity index is 1.49. The summed E-state index contributed by atoms with van der Waals surface area (Å²) in [4.78, 5) is 40.1. The van der Waals surface area contributed by atoms with Crippen molar-refractivity contribution < 1.29 is 14.5 Å². The highest BCUT2D eigenvalue weighted by molar-refractivity contribution is 7.22. The highest BCUT2D eigenvalue weighted by atomic mass is 35.5. The molecule has 0 radical (unpaired) electrons. The van der Waals surface area contributed by atoms with Gasteiger partial charge < -0.3 is 15.1 Å². The third-order valence-corrected chi connectivity index (χ3v) is 7.70. The van der Waals surface area contributed by atoms with Crippen LogP contribution in [0.25, 0.3) is 10.1 Å². The van der Waals surface area contributed by atoms with Crippen molar-refractivity contribution in [3.63, 3.8) is 0 Å². The Morgan fingerprint density at radius 1 is 1.12 bits per heavy atom. The summed E-state index contributed by atoms with van der Waals surface area (Å²) >= 11 is 13.9. The van der Waals surface area contributed by atoms with Gasteiger partial charge in [-0.2, -0.15) is 0 Å². The molecule has 0 bridgehead atoms. The molecule has 8 nitrogen and oxygen atoms in total.